The first-order valence-electron chi connectivity index (χ1n) is 10.4. The van der Waals surface area contributed by atoms with Crippen molar-refractivity contribution in [1.82, 2.24) is 24.5 Å². The molecule has 1 aliphatic rings. The topological polar surface area (TPSA) is 176 Å². The van der Waals surface area contributed by atoms with E-state index in [1.807, 2.05) is 60.3 Å². The summed E-state index contributed by atoms with van der Waals surface area (Å²) in [5.41, 5.74) is 10.2. The molecule has 11 nitrogen and oxygen atoms in total. The van der Waals surface area contributed by atoms with Crippen LogP contribution in [0.15, 0.2) is 55.1 Å². The second-order valence-electron chi connectivity index (χ2n) is 7.93. The standard InChI is InChI=1S/C23H23N7O2.2H2O/c1-14-11-29(13-25-14)20-7-3-16(10-22(20)32-2)19-12-30(28-27-19)21-8-4-15-9-17(24)5-6-18(15)26-23(21)31;;/h3,5-7,9-13,21H,4,8,24H2,1-2H3,(H,26,31);2*1H2. The molecule has 5 rings (SSSR count). The minimum Gasteiger partial charge on any atom is -0.870 e. The smallest absolute Gasteiger partial charge is 0.249 e. The average Bonchev–Trinajstić information content (AvgIpc) is 3.41. The SMILES string of the molecule is COc1cc(-c2cn(C3CCc4cc([NH3+])ccc4NC3=O)nn2)ccc1-n1cnc(C)c1.O.[OH-]. The zero-order valence-electron chi connectivity index (χ0n) is 18.9. The van der Waals surface area contributed by atoms with Gasteiger partial charge in [-0.1, -0.05) is 11.3 Å². The van der Waals surface area contributed by atoms with Gasteiger partial charge in [0.2, 0.25) is 5.91 Å². The Morgan fingerprint density at radius 3 is 2.74 bits per heavy atom. The van der Waals surface area contributed by atoms with Crippen molar-refractivity contribution in [3.8, 4) is 22.7 Å². The van der Waals surface area contributed by atoms with Crippen molar-refractivity contribution in [3.05, 3.63) is 66.4 Å². The van der Waals surface area contributed by atoms with Crippen molar-refractivity contribution >= 4 is 17.3 Å². The van der Waals surface area contributed by atoms with Crippen LogP contribution < -0.4 is 15.8 Å². The molecule has 0 saturated heterocycles. The zero-order chi connectivity index (χ0) is 22.2. The molecule has 2 aromatic carbocycles. The van der Waals surface area contributed by atoms with Gasteiger partial charge in [0, 0.05) is 29.6 Å². The monoisotopic (exact) mass is 465 g/mol. The van der Waals surface area contributed by atoms with Gasteiger partial charge in [0.25, 0.3) is 0 Å². The van der Waals surface area contributed by atoms with Crippen molar-refractivity contribution in [1.29, 1.82) is 0 Å². The van der Waals surface area contributed by atoms with Gasteiger partial charge < -0.3 is 31.3 Å². The number of methoxy groups -OCH3 is 1. The average molecular weight is 466 g/mol. The van der Waals surface area contributed by atoms with E-state index in [-0.39, 0.29) is 16.9 Å². The number of fused-ring (bicyclic) bond motifs is 1. The van der Waals surface area contributed by atoms with Crippen molar-refractivity contribution in [3.63, 3.8) is 0 Å². The van der Waals surface area contributed by atoms with Gasteiger partial charge in [-0.3, -0.25) is 4.79 Å². The number of quaternary nitrogens is 1. The number of nitrogens with zero attached hydrogens (tertiary/aromatic N) is 5. The van der Waals surface area contributed by atoms with Crippen LogP contribution in [0.4, 0.5) is 11.4 Å². The molecule has 178 valence electrons. The van der Waals surface area contributed by atoms with Gasteiger partial charge in [0.05, 0.1) is 31.0 Å². The van der Waals surface area contributed by atoms with Gasteiger partial charge in [-0.25, -0.2) is 9.67 Å². The highest BCUT2D eigenvalue weighted by molar-refractivity contribution is 5.95. The van der Waals surface area contributed by atoms with Crippen LogP contribution in [0.2, 0.25) is 0 Å². The zero-order valence-corrected chi connectivity index (χ0v) is 18.9. The summed E-state index contributed by atoms with van der Waals surface area (Å²) in [6.07, 6.45) is 6.89. The first-order valence-corrected chi connectivity index (χ1v) is 10.4. The summed E-state index contributed by atoms with van der Waals surface area (Å²) in [6.45, 7) is 1.94. The number of rotatable bonds is 4. The lowest BCUT2D eigenvalue weighted by Crippen LogP contribution is -2.40. The number of hydrogen-bond donors (Lipinski definition) is 2. The molecule has 0 fully saturated rings. The molecule has 1 atom stereocenters. The Bertz CT molecular complexity index is 1310. The second kappa shape index (κ2) is 9.83. The third-order valence-electron chi connectivity index (χ3n) is 5.71. The fraction of sp³-hybridized carbons (Fsp3) is 0.217. The van der Waals surface area contributed by atoms with Gasteiger partial charge in [0.1, 0.15) is 23.2 Å². The summed E-state index contributed by atoms with van der Waals surface area (Å²) in [5, 5.41) is 11.6. The number of carbonyl (C=O) groups is 1. The largest absolute Gasteiger partial charge is 0.870 e. The lowest BCUT2D eigenvalue weighted by molar-refractivity contribution is -0.254. The van der Waals surface area contributed by atoms with Crippen LogP contribution in [0, 0.1) is 6.92 Å². The summed E-state index contributed by atoms with van der Waals surface area (Å²) >= 11 is 0. The third kappa shape index (κ3) is 4.53. The molecular formula is C23H27N7O4. The summed E-state index contributed by atoms with van der Waals surface area (Å²) in [6, 6.07) is 11.2. The first kappa shape index (κ1) is 24.6. The molecule has 3 heterocycles. The Labute approximate surface area is 195 Å². The van der Waals surface area contributed by atoms with E-state index in [0.29, 0.717) is 17.9 Å². The number of ether oxygens (including phenoxy) is 1. The molecule has 1 aliphatic heterocycles. The van der Waals surface area contributed by atoms with Gasteiger partial charge in [-0.2, -0.15) is 0 Å². The maximum Gasteiger partial charge on any atom is 0.249 e. The molecule has 34 heavy (non-hydrogen) atoms. The number of aromatic nitrogens is 5. The van der Waals surface area contributed by atoms with Crippen LogP contribution in [-0.2, 0) is 11.2 Å². The van der Waals surface area contributed by atoms with E-state index in [4.69, 9.17) is 4.74 Å². The predicted molar refractivity (Wildman–Crippen MR) is 124 cm³/mol. The van der Waals surface area contributed by atoms with Gasteiger partial charge in [0.15, 0.2) is 0 Å². The van der Waals surface area contributed by atoms with Crippen molar-refractivity contribution in [2.45, 2.75) is 25.8 Å². The van der Waals surface area contributed by atoms with E-state index in [1.165, 1.54) is 0 Å². The Morgan fingerprint density at radius 2 is 2.00 bits per heavy atom. The van der Waals surface area contributed by atoms with Gasteiger partial charge >= 0.3 is 0 Å². The highest BCUT2D eigenvalue weighted by Crippen LogP contribution is 2.31. The number of benzene rings is 2. The van der Waals surface area contributed by atoms with Crippen LogP contribution in [-0.4, -0.2) is 48.5 Å². The summed E-state index contributed by atoms with van der Waals surface area (Å²) in [7, 11) is 1.63. The van der Waals surface area contributed by atoms with Gasteiger partial charge in [-0.05, 0) is 43.5 Å². The molecule has 0 aliphatic carbocycles. The number of aryl methyl sites for hydroxylation is 2. The maximum atomic E-state index is 12.9. The molecule has 0 radical (unpaired) electrons. The first-order chi connectivity index (χ1) is 15.5. The predicted octanol–water partition coefficient (Wildman–Crippen LogP) is 1.45. The van der Waals surface area contributed by atoms with Crippen LogP contribution in [0.3, 0.4) is 0 Å². The highest BCUT2D eigenvalue weighted by atomic mass is 16.5. The van der Waals surface area contributed by atoms with E-state index < -0.39 is 6.04 Å². The van der Waals surface area contributed by atoms with E-state index in [9.17, 15) is 4.79 Å². The quantitative estimate of drug-likeness (QED) is 0.461. The van der Waals surface area contributed by atoms with Crippen molar-refractivity contribution in [2.75, 3.05) is 12.4 Å². The van der Waals surface area contributed by atoms with Gasteiger partial charge in [-0.15, -0.1) is 5.10 Å². The minimum atomic E-state index is -0.438. The van der Waals surface area contributed by atoms with Crippen LogP contribution in [0.5, 0.6) is 5.75 Å². The van der Waals surface area contributed by atoms with Crippen LogP contribution >= 0.6 is 0 Å². The third-order valence-corrected chi connectivity index (χ3v) is 5.71. The number of amides is 1. The molecule has 0 spiro atoms. The fourth-order valence-corrected chi connectivity index (χ4v) is 4.03. The highest BCUT2D eigenvalue weighted by Gasteiger charge is 2.27. The molecule has 7 N–H and O–H groups in total. The molecule has 0 bridgehead atoms. The normalized spacial score (nSPS) is 14.8. The fourth-order valence-electron chi connectivity index (χ4n) is 4.03. The van der Waals surface area contributed by atoms with E-state index in [2.05, 4.69) is 26.3 Å². The Morgan fingerprint density at radius 1 is 1.18 bits per heavy atom. The minimum absolute atomic E-state index is 0. The lowest BCUT2D eigenvalue weighted by Gasteiger charge is -2.12. The Balaban J connectivity index is 0.00000162. The van der Waals surface area contributed by atoms with Crippen molar-refractivity contribution in [2.24, 2.45) is 0 Å². The number of anilines is 1. The molecule has 1 amide bonds. The molecule has 11 heteroatoms. The van der Waals surface area contributed by atoms with Crippen molar-refractivity contribution < 1.29 is 26.2 Å². The molecule has 1 unspecified atom stereocenters. The number of carbonyl (C=O) groups excluding carboxylic acids is 1. The molecule has 2 aromatic heterocycles. The molecule has 4 aromatic rings. The second-order valence-corrected chi connectivity index (χ2v) is 7.93. The van der Waals surface area contributed by atoms with E-state index in [1.54, 1.807) is 18.1 Å². The number of imidazole rings is 1. The number of hydrogen-bond acceptors (Lipinski definition) is 6. The summed E-state index contributed by atoms with van der Waals surface area (Å²) < 4.78 is 9.16. The summed E-state index contributed by atoms with van der Waals surface area (Å²) in [5.74, 6) is 0.599. The van der Waals surface area contributed by atoms with E-state index >= 15 is 0 Å². The van der Waals surface area contributed by atoms with Crippen LogP contribution in [0.1, 0.15) is 23.7 Å². The molecule has 0 saturated carbocycles. The number of nitrogens with one attached hydrogen (secondary N) is 1. The van der Waals surface area contributed by atoms with E-state index in [0.717, 1.165) is 40.3 Å². The Hall–Kier alpha value is -4.06. The Kier molecular flexibility index (Phi) is 7.11. The lowest BCUT2D eigenvalue weighted by atomic mass is 10.1. The maximum absolute atomic E-state index is 12.9. The summed E-state index contributed by atoms with van der Waals surface area (Å²) in [4.78, 5) is 17.1. The van der Waals surface area contributed by atoms with Crippen LogP contribution in [0.25, 0.3) is 16.9 Å². The molecular weight excluding hydrogens is 438 g/mol.